The minimum Gasteiger partial charge on any atom is -0.497 e. The minimum absolute atomic E-state index is 0.0290. The van der Waals surface area contributed by atoms with Gasteiger partial charge in [-0.15, -0.1) is 0 Å². The maximum absolute atomic E-state index is 11.9. The Kier molecular flexibility index (Phi) is 4.19. The molecule has 96 valence electrons. The van der Waals surface area contributed by atoms with Gasteiger partial charge in [0.2, 0.25) is 10.0 Å². The van der Waals surface area contributed by atoms with Crippen molar-refractivity contribution in [2.75, 3.05) is 26.5 Å². The zero-order valence-electron chi connectivity index (χ0n) is 9.98. The second kappa shape index (κ2) is 5.24. The molecular formula is C10H16N2O4S. The summed E-state index contributed by atoms with van der Waals surface area (Å²) in [5.74, 6) is 0.478. The molecule has 0 spiro atoms. The largest absolute Gasteiger partial charge is 0.497 e. The molecule has 3 N–H and O–H groups in total. The molecule has 0 saturated heterocycles. The summed E-state index contributed by atoms with van der Waals surface area (Å²) in [6, 6.07) is 2.87. The standard InChI is InChI=1S/C10H16N2O4S/c1-4-12-17(13,14)9-6-7(15-2)5-8(11)10(9)16-3/h5-6,12H,4,11H2,1-3H3. The lowest BCUT2D eigenvalue weighted by Crippen LogP contribution is -2.24. The number of benzene rings is 1. The van der Waals surface area contributed by atoms with Gasteiger partial charge in [0.1, 0.15) is 10.6 Å². The van der Waals surface area contributed by atoms with Gasteiger partial charge in [0.25, 0.3) is 0 Å². The van der Waals surface area contributed by atoms with E-state index in [9.17, 15) is 8.42 Å². The molecule has 0 aliphatic carbocycles. The maximum Gasteiger partial charge on any atom is 0.244 e. The zero-order valence-corrected chi connectivity index (χ0v) is 10.8. The van der Waals surface area contributed by atoms with E-state index in [0.717, 1.165) is 0 Å². The summed E-state index contributed by atoms with van der Waals surface area (Å²) in [5.41, 5.74) is 5.92. The lowest BCUT2D eigenvalue weighted by atomic mass is 10.3. The van der Waals surface area contributed by atoms with Crippen LogP contribution in [0.4, 0.5) is 5.69 Å². The number of rotatable bonds is 5. The Labute approximate surface area is 101 Å². The molecule has 0 amide bonds. The molecule has 1 aromatic carbocycles. The van der Waals surface area contributed by atoms with Crippen LogP contribution in [0.25, 0.3) is 0 Å². The van der Waals surface area contributed by atoms with Crippen molar-refractivity contribution < 1.29 is 17.9 Å². The van der Waals surface area contributed by atoms with E-state index >= 15 is 0 Å². The number of nitrogens with two attached hydrogens (primary N) is 1. The molecular weight excluding hydrogens is 244 g/mol. The predicted octanol–water partition coefficient (Wildman–Crippen LogP) is 0.584. The third-order valence-corrected chi connectivity index (χ3v) is 3.67. The fourth-order valence-corrected chi connectivity index (χ4v) is 2.65. The Morgan fingerprint density at radius 2 is 1.94 bits per heavy atom. The molecule has 0 fully saturated rings. The van der Waals surface area contributed by atoms with Crippen LogP contribution < -0.4 is 19.9 Å². The molecule has 7 heteroatoms. The van der Waals surface area contributed by atoms with Crippen LogP contribution in [0.2, 0.25) is 0 Å². The highest BCUT2D eigenvalue weighted by Gasteiger charge is 2.22. The van der Waals surface area contributed by atoms with Crippen molar-refractivity contribution in [1.82, 2.24) is 4.72 Å². The Morgan fingerprint density at radius 3 is 2.41 bits per heavy atom. The van der Waals surface area contributed by atoms with E-state index in [0.29, 0.717) is 5.75 Å². The molecule has 0 atom stereocenters. The van der Waals surface area contributed by atoms with Crippen molar-refractivity contribution in [3.63, 3.8) is 0 Å². The summed E-state index contributed by atoms with van der Waals surface area (Å²) in [6.45, 7) is 1.97. The molecule has 1 aromatic rings. The first-order chi connectivity index (χ1) is 7.96. The van der Waals surface area contributed by atoms with Crippen molar-refractivity contribution in [1.29, 1.82) is 0 Å². The fraction of sp³-hybridized carbons (Fsp3) is 0.400. The van der Waals surface area contributed by atoms with Crippen molar-refractivity contribution in [3.8, 4) is 11.5 Å². The smallest absolute Gasteiger partial charge is 0.244 e. The summed E-state index contributed by atoms with van der Waals surface area (Å²) in [4.78, 5) is -0.0290. The third-order valence-electron chi connectivity index (χ3n) is 2.12. The van der Waals surface area contributed by atoms with Crippen molar-refractivity contribution in [2.24, 2.45) is 0 Å². The highest BCUT2D eigenvalue weighted by atomic mass is 32.2. The van der Waals surface area contributed by atoms with Crippen LogP contribution in [0.3, 0.4) is 0 Å². The second-order valence-corrected chi connectivity index (χ2v) is 4.98. The highest BCUT2D eigenvalue weighted by Crippen LogP contribution is 2.34. The lowest BCUT2D eigenvalue weighted by molar-refractivity contribution is 0.394. The number of sulfonamides is 1. The third kappa shape index (κ3) is 2.80. The Bertz CT molecular complexity index is 499. The van der Waals surface area contributed by atoms with Crippen LogP contribution in [0.1, 0.15) is 6.92 Å². The Hall–Kier alpha value is -1.47. The molecule has 1 rings (SSSR count). The average Bonchev–Trinajstić information content (AvgIpc) is 2.27. The van der Waals surface area contributed by atoms with E-state index in [4.69, 9.17) is 15.2 Å². The first kappa shape index (κ1) is 13.6. The van der Waals surface area contributed by atoms with Crippen LogP contribution in [-0.4, -0.2) is 29.2 Å². The summed E-state index contributed by atoms with van der Waals surface area (Å²) >= 11 is 0. The van der Waals surface area contributed by atoms with E-state index in [1.807, 2.05) is 0 Å². The first-order valence-electron chi connectivity index (χ1n) is 4.97. The first-order valence-corrected chi connectivity index (χ1v) is 6.45. The van der Waals surface area contributed by atoms with E-state index in [1.54, 1.807) is 6.92 Å². The molecule has 0 aromatic heterocycles. The summed E-state index contributed by atoms with van der Waals surface area (Å²) < 4.78 is 36.2. The van der Waals surface area contributed by atoms with Gasteiger partial charge >= 0.3 is 0 Å². The number of anilines is 1. The van der Waals surface area contributed by atoms with Crippen LogP contribution in [-0.2, 0) is 10.0 Å². The molecule has 0 aliphatic heterocycles. The van der Waals surface area contributed by atoms with Crippen LogP contribution >= 0.6 is 0 Å². The van der Waals surface area contributed by atoms with E-state index in [2.05, 4.69) is 4.72 Å². The molecule has 6 nitrogen and oxygen atoms in total. The Morgan fingerprint density at radius 1 is 1.29 bits per heavy atom. The molecule has 0 saturated carbocycles. The van der Waals surface area contributed by atoms with Crippen LogP contribution in [0.5, 0.6) is 11.5 Å². The average molecular weight is 260 g/mol. The van der Waals surface area contributed by atoms with Crippen molar-refractivity contribution in [2.45, 2.75) is 11.8 Å². The highest BCUT2D eigenvalue weighted by molar-refractivity contribution is 7.89. The van der Waals surface area contributed by atoms with E-state index < -0.39 is 10.0 Å². The van der Waals surface area contributed by atoms with Crippen molar-refractivity contribution >= 4 is 15.7 Å². The monoisotopic (exact) mass is 260 g/mol. The van der Waals surface area contributed by atoms with Gasteiger partial charge in [-0.2, -0.15) is 0 Å². The van der Waals surface area contributed by atoms with Crippen LogP contribution in [0.15, 0.2) is 17.0 Å². The number of methoxy groups -OCH3 is 2. The fourth-order valence-electron chi connectivity index (χ4n) is 1.40. The number of nitrogens with one attached hydrogen (secondary N) is 1. The topological polar surface area (TPSA) is 90.7 Å². The second-order valence-electron chi connectivity index (χ2n) is 3.25. The van der Waals surface area contributed by atoms with E-state index in [-0.39, 0.29) is 22.9 Å². The van der Waals surface area contributed by atoms with Crippen LogP contribution in [0, 0.1) is 0 Å². The maximum atomic E-state index is 11.9. The predicted molar refractivity (Wildman–Crippen MR) is 64.8 cm³/mol. The van der Waals surface area contributed by atoms with Gasteiger partial charge in [0.15, 0.2) is 5.75 Å². The van der Waals surface area contributed by atoms with Gasteiger partial charge in [-0.3, -0.25) is 0 Å². The normalized spacial score (nSPS) is 11.2. The van der Waals surface area contributed by atoms with E-state index in [1.165, 1.54) is 26.4 Å². The minimum atomic E-state index is -3.64. The summed E-state index contributed by atoms with van der Waals surface area (Å²) in [5, 5.41) is 0. The summed E-state index contributed by atoms with van der Waals surface area (Å²) in [6.07, 6.45) is 0. The molecule has 0 unspecified atom stereocenters. The zero-order chi connectivity index (χ0) is 13.1. The number of ether oxygens (including phenoxy) is 2. The van der Waals surface area contributed by atoms with Gasteiger partial charge in [-0.1, -0.05) is 6.92 Å². The SMILES string of the molecule is CCNS(=O)(=O)c1cc(OC)cc(N)c1OC. The Balaban J connectivity index is 3.44. The molecule has 17 heavy (non-hydrogen) atoms. The van der Waals surface area contributed by atoms with Gasteiger partial charge in [-0.25, -0.2) is 13.1 Å². The molecule has 0 heterocycles. The van der Waals surface area contributed by atoms with Gasteiger partial charge in [-0.05, 0) is 0 Å². The quantitative estimate of drug-likeness (QED) is 0.756. The van der Waals surface area contributed by atoms with Gasteiger partial charge < -0.3 is 15.2 Å². The number of nitrogen functional groups attached to an aromatic ring is 1. The van der Waals surface area contributed by atoms with Crippen molar-refractivity contribution in [3.05, 3.63) is 12.1 Å². The van der Waals surface area contributed by atoms with Gasteiger partial charge in [0, 0.05) is 18.7 Å². The number of hydrogen-bond acceptors (Lipinski definition) is 5. The molecule has 0 bridgehead atoms. The molecule has 0 aliphatic rings. The number of hydrogen-bond donors (Lipinski definition) is 2. The molecule has 0 radical (unpaired) electrons. The van der Waals surface area contributed by atoms with Gasteiger partial charge in [0.05, 0.1) is 19.9 Å². The lowest BCUT2D eigenvalue weighted by Gasteiger charge is -2.13. The summed E-state index contributed by atoms with van der Waals surface area (Å²) in [7, 11) is -0.844.